The largest absolute Gasteiger partial charge is 0.341 e. The Kier molecular flexibility index (Phi) is 4.90. The highest BCUT2D eigenvalue weighted by molar-refractivity contribution is 7.13. The summed E-state index contributed by atoms with van der Waals surface area (Å²) < 4.78 is 46.2. The number of nitrogens with one attached hydrogen (secondary N) is 2. The van der Waals surface area contributed by atoms with E-state index < -0.39 is 35.7 Å². The number of hydrogen-bond donors (Lipinski definition) is 2. The minimum absolute atomic E-state index is 0.0621. The number of alkyl halides is 2. The monoisotopic (exact) mass is 453 g/mol. The summed E-state index contributed by atoms with van der Waals surface area (Å²) in [5, 5.41) is 6.06. The van der Waals surface area contributed by atoms with Gasteiger partial charge in [-0.1, -0.05) is 30.3 Å². The fourth-order valence-electron chi connectivity index (χ4n) is 3.92. The maximum atomic E-state index is 13.9. The van der Waals surface area contributed by atoms with Gasteiger partial charge in [0.1, 0.15) is 11.5 Å². The van der Waals surface area contributed by atoms with E-state index in [1.807, 2.05) is 12.1 Å². The average Bonchev–Trinajstić information content (AvgIpc) is 3.35. The molecule has 1 aliphatic heterocycles. The number of anilines is 1. The Balaban J connectivity index is 1.59. The van der Waals surface area contributed by atoms with E-state index in [1.54, 1.807) is 24.3 Å². The van der Waals surface area contributed by atoms with Gasteiger partial charge in [-0.05, 0) is 47.4 Å². The van der Waals surface area contributed by atoms with Crippen LogP contribution in [0.1, 0.15) is 50.0 Å². The fraction of sp³-hybridized carbons (Fsp3) is 0.0870. The molecule has 2 N–H and O–H groups in total. The van der Waals surface area contributed by atoms with Crippen LogP contribution in [0, 0.1) is 5.82 Å². The molecule has 0 fully saturated rings. The molecule has 4 aromatic rings. The Morgan fingerprint density at radius 1 is 1.09 bits per heavy atom. The highest BCUT2D eigenvalue weighted by Gasteiger charge is 2.35. The van der Waals surface area contributed by atoms with Crippen molar-refractivity contribution in [2.75, 3.05) is 5.32 Å². The van der Waals surface area contributed by atoms with Crippen LogP contribution in [0.2, 0.25) is 0 Å². The minimum Gasteiger partial charge on any atom is -0.341 e. The number of nitrogens with zero attached hydrogens (tertiary/aromatic N) is 1. The maximum Gasteiger partial charge on any atom is 0.276 e. The SMILES string of the molecule is O=C1N[C@H](c2cc(F)ccc2C(F)F)c2c(NC(=O)c3nsc4ccccc34)cccc21. The predicted octanol–water partition coefficient (Wildman–Crippen LogP) is 5.46. The number of amides is 2. The lowest BCUT2D eigenvalue weighted by molar-refractivity contribution is 0.0958. The molecular weight excluding hydrogens is 439 g/mol. The standard InChI is InChI=1S/C23H14F3N3O2S/c24-11-8-9-12(21(25)26)15(10-11)19-18-14(22(30)28-19)5-3-6-16(18)27-23(31)20-13-4-1-2-7-17(13)32-29-20/h1-10,19,21H,(H,27,31)(H,28,30)/t19-/m1/s1. The molecule has 160 valence electrons. The Labute approximate surface area is 184 Å². The van der Waals surface area contributed by atoms with E-state index in [-0.39, 0.29) is 22.5 Å². The van der Waals surface area contributed by atoms with Crippen molar-refractivity contribution in [3.63, 3.8) is 0 Å². The molecule has 2 heterocycles. The van der Waals surface area contributed by atoms with Crippen molar-refractivity contribution in [3.8, 4) is 0 Å². The Hall–Kier alpha value is -3.72. The van der Waals surface area contributed by atoms with Gasteiger partial charge in [-0.3, -0.25) is 9.59 Å². The van der Waals surface area contributed by atoms with Gasteiger partial charge < -0.3 is 10.6 Å². The van der Waals surface area contributed by atoms with Crippen LogP contribution in [0.5, 0.6) is 0 Å². The van der Waals surface area contributed by atoms with Gasteiger partial charge in [0.25, 0.3) is 18.2 Å². The zero-order valence-corrected chi connectivity index (χ0v) is 17.1. The number of benzene rings is 3. The van der Waals surface area contributed by atoms with Gasteiger partial charge in [-0.15, -0.1) is 0 Å². The second-order valence-electron chi connectivity index (χ2n) is 7.23. The van der Waals surface area contributed by atoms with Gasteiger partial charge in [0.15, 0.2) is 0 Å². The summed E-state index contributed by atoms with van der Waals surface area (Å²) in [6, 6.07) is 13.8. The molecule has 1 aliphatic rings. The van der Waals surface area contributed by atoms with Gasteiger partial charge in [0.05, 0.1) is 10.7 Å². The summed E-state index contributed by atoms with van der Waals surface area (Å²) in [7, 11) is 0. The summed E-state index contributed by atoms with van der Waals surface area (Å²) >= 11 is 1.18. The van der Waals surface area contributed by atoms with Crippen LogP contribution in [0.15, 0.2) is 60.7 Å². The van der Waals surface area contributed by atoms with E-state index in [2.05, 4.69) is 15.0 Å². The van der Waals surface area contributed by atoms with E-state index >= 15 is 0 Å². The van der Waals surface area contributed by atoms with E-state index in [1.165, 1.54) is 17.6 Å². The van der Waals surface area contributed by atoms with E-state index in [9.17, 15) is 22.8 Å². The van der Waals surface area contributed by atoms with Crippen LogP contribution in [-0.4, -0.2) is 16.2 Å². The lowest BCUT2D eigenvalue weighted by Crippen LogP contribution is -2.22. The van der Waals surface area contributed by atoms with Crippen LogP contribution >= 0.6 is 11.5 Å². The van der Waals surface area contributed by atoms with Gasteiger partial charge in [-0.2, -0.15) is 4.37 Å². The van der Waals surface area contributed by atoms with E-state index in [4.69, 9.17) is 0 Å². The third-order valence-electron chi connectivity index (χ3n) is 5.35. The number of hydrogen-bond acceptors (Lipinski definition) is 4. The molecule has 0 saturated heterocycles. The summed E-state index contributed by atoms with van der Waals surface area (Å²) in [5.74, 6) is -1.70. The molecule has 0 radical (unpaired) electrons. The number of carbonyl (C=O) groups is 2. The fourth-order valence-corrected chi connectivity index (χ4v) is 4.70. The quantitative estimate of drug-likeness (QED) is 0.431. The van der Waals surface area contributed by atoms with E-state index in [0.717, 1.165) is 22.9 Å². The first-order chi connectivity index (χ1) is 15.4. The number of carbonyl (C=O) groups excluding carboxylic acids is 2. The Bertz CT molecular complexity index is 1390. The van der Waals surface area contributed by atoms with Crippen molar-refractivity contribution < 1.29 is 22.8 Å². The second-order valence-corrected chi connectivity index (χ2v) is 8.03. The van der Waals surface area contributed by atoms with Crippen LogP contribution < -0.4 is 10.6 Å². The molecule has 5 rings (SSSR count). The zero-order chi connectivity index (χ0) is 22.4. The molecule has 0 spiro atoms. The number of aromatic nitrogens is 1. The van der Waals surface area contributed by atoms with Crippen LogP contribution in [0.3, 0.4) is 0 Å². The molecule has 32 heavy (non-hydrogen) atoms. The lowest BCUT2D eigenvalue weighted by atomic mass is 9.93. The maximum absolute atomic E-state index is 13.9. The lowest BCUT2D eigenvalue weighted by Gasteiger charge is -2.19. The molecular formula is C23H14F3N3O2S. The van der Waals surface area contributed by atoms with Crippen molar-refractivity contribution in [1.82, 2.24) is 9.69 Å². The smallest absolute Gasteiger partial charge is 0.276 e. The van der Waals surface area contributed by atoms with Crippen molar-refractivity contribution in [1.29, 1.82) is 0 Å². The molecule has 3 aromatic carbocycles. The molecule has 9 heteroatoms. The molecule has 0 unspecified atom stereocenters. The van der Waals surface area contributed by atoms with Crippen LogP contribution in [0.25, 0.3) is 10.1 Å². The Morgan fingerprint density at radius 3 is 2.72 bits per heavy atom. The number of halogens is 3. The topological polar surface area (TPSA) is 71.1 Å². The highest BCUT2D eigenvalue weighted by Crippen LogP contribution is 2.40. The van der Waals surface area contributed by atoms with Crippen LogP contribution in [-0.2, 0) is 0 Å². The first kappa shape index (κ1) is 20.2. The van der Waals surface area contributed by atoms with Crippen molar-refractivity contribution in [2.24, 2.45) is 0 Å². The number of fused-ring (bicyclic) bond motifs is 2. The molecule has 0 bridgehead atoms. The van der Waals surface area contributed by atoms with Gasteiger partial charge in [-0.25, -0.2) is 13.2 Å². The summed E-state index contributed by atoms with van der Waals surface area (Å²) in [6.07, 6.45) is -2.87. The zero-order valence-electron chi connectivity index (χ0n) is 16.2. The van der Waals surface area contributed by atoms with Crippen LogP contribution in [0.4, 0.5) is 18.9 Å². The van der Waals surface area contributed by atoms with Crippen molar-refractivity contribution >= 4 is 39.1 Å². The normalized spacial score (nSPS) is 15.1. The molecule has 1 atom stereocenters. The van der Waals surface area contributed by atoms with Gasteiger partial charge >= 0.3 is 0 Å². The molecule has 2 amide bonds. The van der Waals surface area contributed by atoms with Crippen molar-refractivity contribution in [3.05, 3.63) is 94.4 Å². The second kappa shape index (κ2) is 7.76. The predicted molar refractivity (Wildman–Crippen MR) is 115 cm³/mol. The number of rotatable bonds is 4. The molecule has 0 aliphatic carbocycles. The van der Waals surface area contributed by atoms with Crippen molar-refractivity contribution in [2.45, 2.75) is 12.5 Å². The first-order valence-corrected chi connectivity index (χ1v) is 10.4. The summed E-state index contributed by atoms with van der Waals surface area (Å²) in [6.45, 7) is 0. The van der Waals surface area contributed by atoms with Gasteiger partial charge in [0.2, 0.25) is 0 Å². The molecule has 5 nitrogen and oxygen atoms in total. The minimum atomic E-state index is -2.87. The molecule has 0 saturated carbocycles. The summed E-state index contributed by atoms with van der Waals surface area (Å²) in [4.78, 5) is 25.5. The molecule has 1 aromatic heterocycles. The van der Waals surface area contributed by atoms with E-state index in [0.29, 0.717) is 10.9 Å². The highest BCUT2D eigenvalue weighted by atomic mass is 32.1. The average molecular weight is 453 g/mol. The first-order valence-electron chi connectivity index (χ1n) is 9.61. The summed E-state index contributed by atoms with van der Waals surface area (Å²) in [5.41, 5.74) is 0.552. The third kappa shape index (κ3) is 3.31. The third-order valence-corrected chi connectivity index (χ3v) is 6.18. The van der Waals surface area contributed by atoms with Gasteiger partial charge in [0, 0.05) is 27.8 Å². The Morgan fingerprint density at radius 2 is 1.91 bits per heavy atom.